The van der Waals surface area contributed by atoms with E-state index in [4.69, 9.17) is 22.8 Å². The average Bonchev–Trinajstić information content (AvgIpc) is 2.79. The number of carbonyl (C=O) groups is 3. The molecule has 0 aliphatic rings. The SMILES string of the molecule is C#CN(C(=O)C(CC(C)C)NC(=O)OC(C)(C)C)C(C(=O)Nc1c(C)cccc1Cl)c1cc(C)ccc1C. The molecule has 0 aromatic heterocycles. The lowest BCUT2D eigenvalue weighted by Crippen LogP contribution is -2.51. The van der Waals surface area contributed by atoms with Gasteiger partial charge in [0.05, 0.1) is 10.7 Å². The van der Waals surface area contributed by atoms with Crippen molar-refractivity contribution in [3.63, 3.8) is 0 Å². The molecule has 2 atom stereocenters. The minimum Gasteiger partial charge on any atom is -0.444 e. The maximum atomic E-state index is 13.9. The number of hydrogen-bond acceptors (Lipinski definition) is 4. The molecule has 0 saturated carbocycles. The van der Waals surface area contributed by atoms with E-state index >= 15 is 0 Å². The number of aryl methyl sites for hydroxylation is 3. The van der Waals surface area contributed by atoms with Gasteiger partial charge >= 0.3 is 6.09 Å². The Labute approximate surface area is 231 Å². The van der Waals surface area contributed by atoms with Crippen molar-refractivity contribution in [1.29, 1.82) is 0 Å². The monoisotopic (exact) mass is 539 g/mol. The van der Waals surface area contributed by atoms with Gasteiger partial charge in [-0.2, -0.15) is 0 Å². The van der Waals surface area contributed by atoms with Gasteiger partial charge in [0.1, 0.15) is 17.7 Å². The van der Waals surface area contributed by atoms with Gasteiger partial charge in [-0.1, -0.05) is 67.8 Å². The summed E-state index contributed by atoms with van der Waals surface area (Å²) in [7, 11) is 0. The van der Waals surface area contributed by atoms with Gasteiger partial charge in [0.15, 0.2) is 0 Å². The number of alkyl carbamates (subject to hydrolysis) is 1. The Morgan fingerprint density at radius 1 is 1.08 bits per heavy atom. The Hall–Kier alpha value is -3.50. The molecule has 38 heavy (non-hydrogen) atoms. The van der Waals surface area contributed by atoms with Crippen molar-refractivity contribution in [2.24, 2.45) is 5.92 Å². The van der Waals surface area contributed by atoms with E-state index in [9.17, 15) is 14.4 Å². The van der Waals surface area contributed by atoms with Crippen LogP contribution in [0, 0.1) is 39.2 Å². The smallest absolute Gasteiger partial charge is 0.408 e. The second-order valence-electron chi connectivity index (χ2n) is 10.8. The number of amides is 3. The van der Waals surface area contributed by atoms with E-state index in [-0.39, 0.29) is 5.92 Å². The molecule has 0 aliphatic carbocycles. The van der Waals surface area contributed by atoms with E-state index in [1.807, 2.05) is 58.9 Å². The number of anilines is 1. The highest BCUT2D eigenvalue weighted by atomic mass is 35.5. The molecule has 2 aromatic rings. The Morgan fingerprint density at radius 3 is 2.29 bits per heavy atom. The molecule has 0 heterocycles. The zero-order chi connectivity index (χ0) is 28.8. The van der Waals surface area contributed by atoms with Crippen molar-refractivity contribution in [2.75, 3.05) is 5.32 Å². The number of rotatable bonds is 8. The van der Waals surface area contributed by atoms with E-state index in [0.29, 0.717) is 22.7 Å². The maximum Gasteiger partial charge on any atom is 0.408 e. The van der Waals surface area contributed by atoms with E-state index in [1.165, 1.54) is 0 Å². The van der Waals surface area contributed by atoms with Gasteiger partial charge in [0.2, 0.25) is 0 Å². The van der Waals surface area contributed by atoms with Crippen LogP contribution in [-0.4, -0.2) is 34.5 Å². The highest BCUT2D eigenvalue weighted by molar-refractivity contribution is 6.34. The molecule has 8 heteroatoms. The number of para-hydroxylation sites is 1. The van der Waals surface area contributed by atoms with Crippen LogP contribution in [-0.2, 0) is 14.3 Å². The van der Waals surface area contributed by atoms with Crippen molar-refractivity contribution < 1.29 is 19.1 Å². The molecule has 2 aromatic carbocycles. The van der Waals surface area contributed by atoms with Crippen LogP contribution in [0.5, 0.6) is 0 Å². The zero-order valence-electron chi connectivity index (χ0n) is 23.4. The van der Waals surface area contributed by atoms with Crippen molar-refractivity contribution in [2.45, 2.75) is 79.5 Å². The summed E-state index contributed by atoms with van der Waals surface area (Å²) in [5.41, 5.74) is 2.68. The number of terminal acetylenes is 1. The third-order valence-electron chi connectivity index (χ3n) is 5.78. The minimum absolute atomic E-state index is 0.0391. The molecular weight excluding hydrogens is 502 g/mol. The zero-order valence-corrected chi connectivity index (χ0v) is 24.2. The third-order valence-corrected chi connectivity index (χ3v) is 6.09. The van der Waals surface area contributed by atoms with Crippen molar-refractivity contribution in [3.8, 4) is 12.5 Å². The Kier molecular flexibility index (Phi) is 10.4. The number of nitrogens with one attached hydrogen (secondary N) is 2. The molecule has 0 bridgehead atoms. The Morgan fingerprint density at radius 2 is 1.74 bits per heavy atom. The summed E-state index contributed by atoms with van der Waals surface area (Å²) in [5, 5.41) is 5.89. The molecule has 7 nitrogen and oxygen atoms in total. The molecule has 204 valence electrons. The van der Waals surface area contributed by atoms with Crippen LogP contribution >= 0.6 is 11.6 Å². The largest absolute Gasteiger partial charge is 0.444 e. The van der Waals surface area contributed by atoms with Gasteiger partial charge in [-0.3, -0.25) is 14.5 Å². The normalized spacial score (nSPS) is 12.8. The minimum atomic E-state index is -1.18. The van der Waals surface area contributed by atoms with E-state index in [2.05, 4.69) is 16.7 Å². The van der Waals surface area contributed by atoms with E-state index in [0.717, 1.165) is 21.6 Å². The van der Waals surface area contributed by atoms with Crippen LogP contribution < -0.4 is 10.6 Å². The van der Waals surface area contributed by atoms with Gasteiger partial charge in [-0.25, -0.2) is 4.79 Å². The van der Waals surface area contributed by atoms with Gasteiger partial charge < -0.3 is 15.4 Å². The van der Waals surface area contributed by atoms with E-state index in [1.54, 1.807) is 32.9 Å². The van der Waals surface area contributed by atoms with Crippen molar-refractivity contribution >= 4 is 35.2 Å². The molecule has 2 unspecified atom stereocenters. The van der Waals surface area contributed by atoms with Gasteiger partial charge in [-0.05, 0) is 76.6 Å². The van der Waals surface area contributed by atoms with Crippen LogP contribution in [0.15, 0.2) is 36.4 Å². The number of carbonyl (C=O) groups excluding carboxylic acids is 3. The quantitative estimate of drug-likeness (QED) is 0.304. The van der Waals surface area contributed by atoms with E-state index < -0.39 is 35.6 Å². The number of hydrogen-bond donors (Lipinski definition) is 2. The molecule has 2 rings (SSSR count). The summed E-state index contributed by atoms with van der Waals surface area (Å²) < 4.78 is 5.38. The van der Waals surface area contributed by atoms with Crippen LogP contribution in [0.4, 0.5) is 10.5 Å². The molecule has 0 aliphatic heterocycles. The maximum absolute atomic E-state index is 13.9. The molecule has 0 radical (unpaired) electrons. The number of ether oxygens (including phenoxy) is 1. The lowest BCUT2D eigenvalue weighted by atomic mass is 9.95. The fourth-order valence-corrected chi connectivity index (χ4v) is 4.28. The summed E-state index contributed by atoms with van der Waals surface area (Å²) in [6, 6.07) is 11.1. The lowest BCUT2D eigenvalue weighted by Gasteiger charge is -2.32. The molecular formula is C30H38ClN3O4. The number of halogens is 1. The van der Waals surface area contributed by atoms with Crippen LogP contribution in [0.25, 0.3) is 0 Å². The predicted octanol–water partition coefficient (Wildman–Crippen LogP) is 6.30. The molecule has 0 fully saturated rings. The fourth-order valence-electron chi connectivity index (χ4n) is 4.01. The summed E-state index contributed by atoms with van der Waals surface area (Å²) in [5.74, 6) is -1.08. The lowest BCUT2D eigenvalue weighted by molar-refractivity contribution is -0.137. The Bertz CT molecular complexity index is 1210. The third kappa shape index (κ3) is 8.26. The molecule has 2 N–H and O–H groups in total. The van der Waals surface area contributed by atoms with Crippen LogP contribution in [0.3, 0.4) is 0 Å². The van der Waals surface area contributed by atoms with Gasteiger partial charge in [0, 0.05) is 6.04 Å². The summed E-state index contributed by atoms with van der Waals surface area (Å²) in [4.78, 5) is 41.4. The highest BCUT2D eigenvalue weighted by Gasteiger charge is 2.37. The molecule has 0 spiro atoms. The van der Waals surface area contributed by atoms with Crippen LogP contribution in [0.1, 0.15) is 69.3 Å². The standard InChI is InChI=1S/C30H38ClN3O4/c1-10-34(28(36)24(16-18(2)3)32-29(37)38-30(7,8)9)26(22-17-19(4)14-15-20(22)5)27(35)33-25-21(6)12-11-13-23(25)31/h1,11-15,17-18,24,26H,16H2,2-9H3,(H,32,37)(H,33,35). The van der Waals surface area contributed by atoms with Crippen molar-refractivity contribution in [3.05, 3.63) is 63.7 Å². The van der Waals surface area contributed by atoms with Crippen molar-refractivity contribution in [1.82, 2.24) is 10.2 Å². The first-order valence-corrected chi connectivity index (χ1v) is 12.9. The van der Waals surface area contributed by atoms with Crippen LogP contribution in [0.2, 0.25) is 5.02 Å². The van der Waals surface area contributed by atoms with Gasteiger partial charge in [0.25, 0.3) is 11.8 Å². The number of benzene rings is 2. The van der Waals surface area contributed by atoms with Gasteiger partial charge in [-0.15, -0.1) is 0 Å². The summed E-state index contributed by atoms with van der Waals surface area (Å²) in [6.07, 6.45) is 5.45. The second kappa shape index (κ2) is 12.8. The summed E-state index contributed by atoms with van der Waals surface area (Å²) in [6.45, 7) is 14.6. The topological polar surface area (TPSA) is 87.7 Å². The first kappa shape index (κ1) is 30.7. The predicted molar refractivity (Wildman–Crippen MR) is 152 cm³/mol. The average molecular weight is 540 g/mol. The molecule has 0 saturated heterocycles. The second-order valence-corrected chi connectivity index (χ2v) is 11.3. The fraction of sp³-hybridized carbons (Fsp3) is 0.433. The Balaban J connectivity index is 2.57. The summed E-state index contributed by atoms with van der Waals surface area (Å²) >= 11 is 6.38. The molecule has 3 amide bonds. The number of nitrogens with zero attached hydrogens (tertiary/aromatic N) is 1. The first-order valence-electron chi connectivity index (χ1n) is 12.6. The first-order chi connectivity index (χ1) is 17.6. The highest BCUT2D eigenvalue weighted by Crippen LogP contribution is 2.31.